The average Bonchev–Trinajstić information content (AvgIpc) is 2.12. The Balaban J connectivity index is 1.87. The van der Waals surface area contributed by atoms with Crippen molar-refractivity contribution in [3.05, 3.63) is 0 Å². The van der Waals surface area contributed by atoms with Gasteiger partial charge < -0.3 is 16.4 Å². The van der Waals surface area contributed by atoms with Crippen LogP contribution in [0.5, 0.6) is 0 Å². The van der Waals surface area contributed by atoms with Crippen molar-refractivity contribution in [3.63, 3.8) is 0 Å². The SMILES string of the molecule is NC1(C(=O)NC2CNC2)CCCCC1. The molecule has 0 aromatic heterocycles. The fourth-order valence-corrected chi connectivity index (χ4v) is 2.13. The predicted molar refractivity (Wildman–Crippen MR) is 54.8 cm³/mol. The third-order valence-electron chi connectivity index (χ3n) is 3.31. The van der Waals surface area contributed by atoms with Crippen LogP contribution in [-0.4, -0.2) is 30.6 Å². The molecule has 80 valence electrons. The van der Waals surface area contributed by atoms with Crippen LogP contribution in [0, 0.1) is 0 Å². The summed E-state index contributed by atoms with van der Waals surface area (Å²) in [5, 5.41) is 6.13. The molecule has 0 aromatic rings. The minimum atomic E-state index is -0.576. The van der Waals surface area contributed by atoms with Gasteiger partial charge in [-0.05, 0) is 12.8 Å². The zero-order valence-corrected chi connectivity index (χ0v) is 8.51. The second-order valence-electron chi connectivity index (χ2n) is 4.55. The molecule has 0 unspecified atom stereocenters. The van der Waals surface area contributed by atoms with Gasteiger partial charge in [-0.1, -0.05) is 19.3 Å². The highest BCUT2D eigenvalue weighted by molar-refractivity contribution is 5.86. The Morgan fingerprint density at radius 2 is 1.93 bits per heavy atom. The predicted octanol–water partition coefficient (Wildman–Crippen LogP) is -0.264. The summed E-state index contributed by atoms with van der Waals surface area (Å²) in [5.74, 6) is 0.0590. The third kappa shape index (κ3) is 1.91. The standard InChI is InChI=1S/C10H19N3O/c11-10(4-2-1-3-5-10)9(14)13-8-6-12-7-8/h8,12H,1-7,11H2,(H,13,14). The van der Waals surface area contributed by atoms with E-state index in [1.165, 1.54) is 6.42 Å². The number of nitrogens with one attached hydrogen (secondary N) is 2. The minimum Gasteiger partial charge on any atom is -0.349 e. The molecule has 1 saturated heterocycles. The zero-order valence-electron chi connectivity index (χ0n) is 8.51. The van der Waals surface area contributed by atoms with E-state index in [-0.39, 0.29) is 5.91 Å². The van der Waals surface area contributed by atoms with Gasteiger partial charge in [-0.2, -0.15) is 0 Å². The Labute approximate surface area is 84.6 Å². The van der Waals surface area contributed by atoms with Crippen molar-refractivity contribution in [3.8, 4) is 0 Å². The summed E-state index contributed by atoms with van der Waals surface area (Å²) >= 11 is 0. The van der Waals surface area contributed by atoms with Crippen molar-refractivity contribution in [2.24, 2.45) is 5.73 Å². The lowest BCUT2D eigenvalue weighted by atomic mass is 9.81. The van der Waals surface area contributed by atoms with Crippen LogP contribution in [0.25, 0.3) is 0 Å². The summed E-state index contributed by atoms with van der Waals surface area (Å²) in [5.41, 5.74) is 5.52. The van der Waals surface area contributed by atoms with Crippen LogP contribution in [0.15, 0.2) is 0 Å². The van der Waals surface area contributed by atoms with Crippen molar-refractivity contribution in [1.29, 1.82) is 0 Å². The van der Waals surface area contributed by atoms with Crippen LogP contribution in [0.1, 0.15) is 32.1 Å². The molecule has 1 saturated carbocycles. The number of rotatable bonds is 2. The van der Waals surface area contributed by atoms with Gasteiger partial charge in [-0.3, -0.25) is 4.79 Å². The van der Waals surface area contributed by atoms with Crippen molar-refractivity contribution < 1.29 is 4.79 Å². The number of carbonyl (C=O) groups is 1. The Morgan fingerprint density at radius 1 is 1.29 bits per heavy atom. The summed E-state index contributed by atoms with van der Waals surface area (Å²) in [6.07, 6.45) is 5.09. The first kappa shape index (κ1) is 9.93. The van der Waals surface area contributed by atoms with Crippen LogP contribution in [0.4, 0.5) is 0 Å². The Morgan fingerprint density at radius 3 is 2.43 bits per heavy atom. The summed E-state index contributed by atoms with van der Waals surface area (Å²) in [4.78, 5) is 11.9. The summed E-state index contributed by atoms with van der Waals surface area (Å²) in [6, 6.07) is 0.310. The van der Waals surface area contributed by atoms with Gasteiger partial charge in [0, 0.05) is 13.1 Å². The summed E-state index contributed by atoms with van der Waals surface area (Å²) in [7, 11) is 0. The fourth-order valence-electron chi connectivity index (χ4n) is 2.13. The normalized spacial score (nSPS) is 26.6. The van der Waals surface area contributed by atoms with Gasteiger partial charge in [0.05, 0.1) is 11.6 Å². The van der Waals surface area contributed by atoms with Gasteiger partial charge in [0.15, 0.2) is 0 Å². The van der Waals surface area contributed by atoms with E-state index >= 15 is 0 Å². The van der Waals surface area contributed by atoms with E-state index in [9.17, 15) is 4.79 Å². The van der Waals surface area contributed by atoms with E-state index in [0.717, 1.165) is 38.8 Å². The number of hydrogen-bond acceptors (Lipinski definition) is 3. The van der Waals surface area contributed by atoms with Crippen molar-refractivity contribution >= 4 is 5.91 Å². The molecule has 14 heavy (non-hydrogen) atoms. The summed E-state index contributed by atoms with van der Waals surface area (Å²) in [6.45, 7) is 1.78. The molecule has 0 spiro atoms. The number of amides is 1. The van der Waals surface area contributed by atoms with Crippen LogP contribution < -0.4 is 16.4 Å². The van der Waals surface area contributed by atoms with E-state index < -0.39 is 5.54 Å². The lowest BCUT2D eigenvalue weighted by molar-refractivity contribution is -0.128. The maximum atomic E-state index is 11.9. The Hall–Kier alpha value is -0.610. The van der Waals surface area contributed by atoms with Crippen molar-refractivity contribution in [1.82, 2.24) is 10.6 Å². The molecule has 0 radical (unpaired) electrons. The van der Waals surface area contributed by atoms with Crippen molar-refractivity contribution in [2.45, 2.75) is 43.7 Å². The molecule has 1 aliphatic carbocycles. The van der Waals surface area contributed by atoms with Gasteiger partial charge in [0.25, 0.3) is 0 Å². The largest absolute Gasteiger partial charge is 0.349 e. The molecule has 2 fully saturated rings. The molecule has 0 bridgehead atoms. The maximum Gasteiger partial charge on any atom is 0.240 e. The van der Waals surface area contributed by atoms with Gasteiger partial charge in [0.1, 0.15) is 0 Å². The van der Waals surface area contributed by atoms with Gasteiger partial charge in [-0.15, -0.1) is 0 Å². The molecular formula is C10H19N3O. The Bertz CT molecular complexity index is 219. The topological polar surface area (TPSA) is 67.2 Å². The zero-order chi connectivity index (χ0) is 10.0. The highest BCUT2D eigenvalue weighted by atomic mass is 16.2. The van der Waals surface area contributed by atoms with Crippen LogP contribution >= 0.6 is 0 Å². The lowest BCUT2D eigenvalue weighted by Gasteiger charge is -2.36. The number of carbonyl (C=O) groups excluding carboxylic acids is 1. The molecule has 1 amide bonds. The van der Waals surface area contributed by atoms with Crippen molar-refractivity contribution in [2.75, 3.05) is 13.1 Å². The van der Waals surface area contributed by atoms with E-state index in [2.05, 4.69) is 10.6 Å². The molecule has 1 aliphatic heterocycles. The van der Waals surface area contributed by atoms with Crippen LogP contribution in [0.3, 0.4) is 0 Å². The molecule has 2 aliphatic rings. The van der Waals surface area contributed by atoms with Crippen LogP contribution in [0.2, 0.25) is 0 Å². The number of hydrogen-bond donors (Lipinski definition) is 3. The minimum absolute atomic E-state index is 0.0590. The molecule has 4 N–H and O–H groups in total. The lowest BCUT2D eigenvalue weighted by Crippen LogP contribution is -2.63. The van der Waals surface area contributed by atoms with E-state index in [0.29, 0.717) is 6.04 Å². The average molecular weight is 197 g/mol. The van der Waals surface area contributed by atoms with Crippen LogP contribution in [-0.2, 0) is 4.79 Å². The van der Waals surface area contributed by atoms with E-state index in [4.69, 9.17) is 5.73 Å². The Kier molecular flexibility index (Phi) is 2.74. The first-order valence-electron chi connectivity index (χ1n) is 5.51. The summed E-state index contributed by atoms with van der Waals surface area (Å²) < 4.78 is 0. The molecular weight excluding hydrogens is 178 g/mol. The maximum absolute atomic E-state index is 11.9. The quantitative estimate of drug-likeness (QED) is 0.571. The molecule has 0 aromatic carbocycles. The third-order valence-corrected chi connectivity index (χ3v) is 3.31. The highest BCUT2D eigenvalue weighted by Gasteiger charge is 2.36. The van der Waals surface area contributed by atoms with Gasteiger partial charge >= 0.3 is 0 Å². The van der Waals surface area contributed by atoms with E-state index in [1.807, 2.05) is 0 Å². The second kappa shape index (κ2) is 3.87. The molecule has 4 heteroatoms. The first-order chi connectivity index (χ1) is 6.71. The second-order valence-corrected chi connectivity index (χ2v) is 4.55. The molecule has 2 rings (SSSR count). The first-order valence-corrected chi connectivity index (χ1v) is 5.51. The number of nitrogens with two attached hydrogens (primary N) is 1. The monoisotopic (exact) mass is 197 g/mol. The smallest absolute Gasteiger partial charge is 0.240 e. The highest BCUT2D eigenvalue weighted by Crippen LogP contribution is 2.26. The van der Waals surface area contributed by atoms with Gasteiger partial charge in [-0.25, -0.2) is 0 Å². The molecule has 0 atom stereocenters. The molecule has 4 nitrogen and oxygen atoms in total. The van der Waals surface area contributed by atoms with Gasteiger partial charge in [0.2, 0.25) is 5.91 Å². The van der Waals surface area contributed by atoms with E-state index in [1.54, 1.807) is 0 Å². The fraction of sp³-hybridized carbons (Fsp3) is 0.900. The molecule has 1 heterocycles.